The van der Waals surface area contributed by atoms with Gasteiger partial charge in [-0.2, -0.15) is 0 Å². The lowest BCUT2D eigenvalue weighted by Gasteiger charge is -2.11. The summed E-state index contributed by atoms with van der Waals surface area (Å²) in [4.78, 5) is 0. The van der Waals surface area contributed by atoms with Crippen molar-refractivity contribution in [1.82, 2.24) is 5.32 Å². The van der Waals surface area contributed by atoms with E-state index < -0.39 is 10.0 Å². The van der Waals surface area contributed by atoms with Crippen LogP contribution in [0.25, 0.3) is 0 Å². The van der Waals surface area contributed by atoms with Crippen LogP contribution in [-0.4, -0.2) is 27.3 Å². The van der Waals surface area contributed by atoms with Crippen LogP contribution < -0.4 is 10.0 Å². The van der Waals surface area contributed by atoms with E-state index in [1.807, 2.05) is 13.0 Å². The highest BCUT2D eigenvalue weighted by atomic mass is 79.9. The molecule has 1 aromatic rings. The third-order valence-electron chi connectivity index (χ3n) is 2.49. The van der Waals surface area contributed by atoms with Gasteiger partial charge in [0.05, 0.1) is 11.4 Å². The highest BCUT2D eigenvalue weighted by Crippen LogP contribution is 2.31. The van der Waals surface area contributed by atoms with Crippen LogP contribution >= 0.6 is 31.9 Å². The normalized spacial score (nSPS) is 11.5. The van der Waals surface area contributed by atoms with Crippen LogP contribution in [0.1, 0.15) is 19.8 Å². The molecule has 0 fully saturated rings. The van der Waals surface area contributed by atoms with Crippen LogP contribution in [0.3, 0.4) is 0 Å². The van der Waals surface area contributed by atoms with Crippen LogP contribution in [0.5, 0.6) is 0 Å². The SMILES string of the molecule is CCNCCCCS(=O)(=O)Nc1c(Br)cccc1Br. The molecule has 0 aliphatic carbocycles. The van der Waals surface area contributed by atoms with Crippen molar-refractivity contribution in [2.75, 3.05) is 23.6 Å². The number of sulfonamides is 1. The Bertz CT molecular complexity index is 486. The second-order valence-electron chi connectivity index (χ2n) is 4.08. The minimum absolute atomic E-state index is 0.131. The molecule has 1 aromatic carbocycles. The zero-order valence-electron chi connectivity index (χ0n) is 10.7. The molecule has 19 heavy (non-hydrogen) atoms. The third-order valence-corrected chi connectivity index (χ3v) is 5.15. The molecule has 0 bridgehead atoms. The summed E-state index contributed by atoms with van der Waals surface area (Å²) < 4.78 is 28.0. The first kappa shape index (κ1) is 16.9. The van der Waals surface area contributed by atoms with Gasteiger partial charge in [0, 0.05) is 8.95 Å². The molecule has 4 nitrogen and oxygen atoms in total. The molecule has 0 saturated heterocycles. The molecular weight excluding hydrogens is 396 g/mol. The second kappa shape index (κ2) is 8.24. The van der Waals surface area contributed by atoms with Gasteiger partial charge < -0.3 is 5.32 Å². The summed E-state index contributed by atoms with van der Waals surface area (Å²) >= 11 is 6.67. The van der Waals surface area contributed by atoms with Gasteiger partial charge in [-0.1, -0.05) is 13.0 Å². The van der Waals surface area contributed by atoms with Gasteiger partial charge in [-0.25, -0.2) is 8.42 Å². The van der Waals surface area contributed by atoms with E-state index in [0.717, 1.165) is 28.5 Å². The summed E-state index contributed by atoms with van der Waals surface area (Å²) in [7, 11) is -3.30. The minimum Gasteiger partial charge on any atom is -0.317 e. The molecule has 0 unspecified atom stereocenters. The smallest absolute Gasteiger partial charge is 0.232 e. The maximum Gasteiger partial charge on any atom is 0.232 e. The summed E-state index contributed by atoms with van der Waals surface area (Å²) in [5.41, 5.74) is 0.550. The van der Waals surface area contributed by atoms with Crippen LogP contribution in [0, 0.1) is 0 Å². The van der Waals surface area contributed by atoms with E-state index in [1.54, 1.807) is 12.1 Å². The van der Waals surface area contributed by atoms with E-state index in [1.165, 1.54) is 0 Å². The molecule has 0 aromatic heterocycles. The number of halogens is 2. The molecule has 0 spiro atoms. The molecule has 1 rings (SSSR count). The number of nitrogens with one attached hydrogen (secondary N) is 2. The summed E-state index contributed by atoms with van der Waals surface area (Å²) in [6.45, 7) is 3.79. The van der Waals surface area contributed by atoms with E-state index in [0.29, 0.717) is 12.1 Å². The molecule has 7 heteroatoms. The van der Waals surface area contributed by atoms with Gasteiger partial charge in [-0.05, 0) is 69.9 Å². The number of hydrogen-bond donors (Lipinski definition) is 2. The fraction of sp³-hybridized carbons (Fsp3) is 0.500. The van der Waals surface area contributed by atoms with Crippen molar-refractivity contribution in [2.24, 2.45) is 0 Å². The highest BCUT2D eigenvalue weighted by Gasteiger charge is 2.14. The Morgan fingerprint density at radius 2 is 1.79 bits per heavy atom. The largest absolute Gasteiger partial charge is 0.317 e. The van der Waals surface area contributed by atoms with E-state index in [4.69, 9.17) is 0 Å². The van der Waals surface area contributed by atoms with Crippen molar-refractivity contribution in [1.29, 1.82) is 0 Å². The van der Waals surface area contributed by atoms with Gasteiger partial charge in [-0.3, -0.25) is 4.72 Å². The summed E-state index contributed by atoms with van der Waals surface area (Å²) in [5, 5.41) is 3.17. The molecule has 0 radical (unpaired) electrons. The summed E-state index contributed by atoms with van der Waals surface area (Å²) in [5.74, 6) is 0.131. The Labute approximate surface area is 131 Å². The Kier molecular flexibility index (Phi) is 7.35. The van der Waals surface area contributed by atoms with Gasteiger partial charge in [0.25, 0.3) is 0 Å². The number of rotatable bonds is 8. The zero-order valence-corrected chi connectivity index (χ0v) is 14.7. The minimum atomic E-state index is -3.30. The van der Waals surface area contributed by atoms with E-state index in [-0.39, 0.29) is 5.75 Å². The molecule has 0 heterocycles. The molecular formula is C12H18Br2N2O2S. The van der Waals surface area contributed by atoms with Crippen LogP contribution in [0.15, 0.2) is 27.1 Å². The Morgan fingerprint density at radius 3 is 2.37 bits per heavy atom. The van der Waals surface area contributed by atoms with Crippen molar-refractivity contribution in [3.63, 3.8) is 0 Å². The Morgan fingerprint density at radius 1 is 1.16 bits per heavy atom. The number of benzene rings is 1. The average molecular weight is 414 g/mol. The number of unbranched alkanes of at least 4 members (excludes halogenated alkanes) is 1. The van der Waals surface area contributed by atoms with Crippen LogP contribution in [0.2, 0.25) is 0 Å². The maximum absolute atomic E-state index is 12.0. The first-order valence-corrected chi connectivity index (χ1v) is 9.35. The van der Waals surface area contributed by atoms with Gasteiger partial charge in [0.2, 0.25) is 10.0 Å². The third kappa shape index (κ3) is 6.25. The van der Waals surface area contributed by atoms with E-state index >= 15 is 0 Å². The average Bonchev–Trinajstić information content (AvgIpc) is 2.34. The fourth-order valence-corrected chi connectivity index (χ4v) is 4.20. The zero-order chi connectivity index (χ0) is 14.3. The maximum atomic E-state index is 12.0. The van der Waals surface area contributed by atoms with Gasteiger partial charge in [-0.15, -0.1) is 0 Å². The second-order valence-corrected chi connectivity index (χ2v) is 7.63. The van der Waals surface area contributed by atoms with Crippen molar-refractivity contribution in [2.45, 2.75) is 19.8 Å². The lowest BCUT2D eigenvalue weighted by Crippen LogP contribution is -2.19. The van der Waals surface area contributed by atoms with Crippen molar-refractivity contribution < 1.29 is 8.42 Å². The predicted molar refractivity (Wildman–Crippen MR) is 87.0 cm³/mol. The summed E-state index contributed by atoms with van der Waals surface area (Å²) in [6.07, 6.45) is 1.50. The quantitative estimate of drug-likeness (QED) is 0.642. The van der Waals surface area contributed by atoms with Gasteiger partial charge in [0.1, 0.15) is 0 Å². The predicted octanol–water partition coefficient (Wildman–Crippen LogP) is 3.34. The lowest BCUT2D eigenvalue weighted by molar-refractivity contribution is 0.593. The van der Waals surface area contributed by atoms with Crippen LogP contribution in [0.4, 0.5) is 5.69 Å². The number of anilines is 1. The fourth-order valence-electron chi connectivity index (χ4n) is 1.52. The molecule has 0 amide bonds. The van der Waals surface area contributed by atoms with Gasteiger partial charge in [0.15, 0.2) is 0 Å². The van der Waals surface area contributed by atoms with Crippen molar-refractivity contribution in [3.8, 4) is 0 Å². The highest BCUT2D eigenvalue weighted by molar-refractivity contribution is 9.11. The Hall–Kier alpha value is -0.110. The first-order chi connectivity index (χ1) is 8.96. The number of para-hydroxylation sites is 1. The molecule has 0 aliphatic rings. The monoisotopic (exact) mass is 412 g/mol. The lowest BCUT2D eigenvalue weighted by atomic mass is 10.3. The topological polar surface area (TPSA) is 58.2 Å². The molecule has 2 N–H and O–H groups in total. The van der Waals surface area contributed by atoms with Crippen LogP contribution in [-0.2, 0) is 10.0 Å². The number of hydrogen-bond acceptors (Lipinski definition) is 3. The van der Waals surface area contributed by atoms with E-state index in [2.05, 4.69) is 41.9 Å². The molecule has 0 saturated carbocycles. The van der Waals surface area contributed by atoms with Crippen molar-refractivity contribution in [3.05, 3.63) is 27.1 Å². The Balaban J connectivity index is 2.55. The van der Waals surface area contributed by atoms with E-state index in [9.17, 15) is 8.42 Å². The van der Waals surface area contributed by atoms with Gasteiger partial charge >= 0.3 is 0 Å². The first-order valence-electron chi connectivity index (χ1n) is 6.11. The molecule has 0 atom stereocenters. The molecule has 108 valence electrons. The summed E-state index contributed by atoms with van der Waals surface area (Å²) in [6, 6.07) is 5.43. The van der Waals surface area contributed by atoms with Crippen molar-refractivity contribution >= 4 is 47.6 Å². The standard InChI is InChI=1S/C12H18Br2N2O2S/c1-2-15-8-3-4-9-19(17,18)16-12-10(13)6-5-7-11(12)14/h5-7,15-16H,2-4,8-9H2,1H3. The molecule has 0 aliphatic heterocycles.